The number of hydrogen-bond donors (Lipinski definition) is 1. The quantitative estimate of drug-likeness (QED) is 0.696. The minimum Gasteiger partial charge on any atom is -0.309 e. The monoisotopic (exact) mass is 212 g/mol. The lowest BCUT2D eigenvalue weighted by Crippen LogP contribution is -2.57. The minimum atomic E-state index is 0. The van der Waals surface area contributed by atoms with Crippen LogP contribution in [0.15, 0.2) is 0 Å². The molecule has 1 N–H and O–H groups in total. The van der Waals surface area contributed by atoms with Crippen LogP contribution in [-0.2, 0) is 0 Å². The van der Waals surface area contributed by atoms with E-state index in [4.69, 9.17) is 11.6 Å². The van der Waals surface area contributed by atoms with Gasteiger partial charge in [-0.05, 0) is 13.8 Å². The van der Waals surface area contributed by atoms with Gasteiger partial charge in [0, 0.05) is 37.6 Å². The Morgan fingerprint density at radius 3 is 2.67 bits per heavy atom. The van der Waals surface area contributed by atoms with E-state index in [0.717, 1.165) is 32.1 Å². The lowest BCUT2D eigenvalue weighted by Gasteiger charge is -2.38. The third kappa shape index (κ3) is 3.94. The first-order valence-corrected chi connectivity index (χ1v) is 4.71. The molecule has 0 atom stereocenters. The van der Waals surface area contributed by atoms with E-state index in [1.807, 2.05) is 0 Å². The highest BCUT2D eigenvalue weighted by molar-refractivity contribution is 6.18. The van der Waals surface area contributed by atoms with Crippen LogP contribution in [0.4, 0.5) is 0 Å². The molecule has 0 aromatic carbocycles. The van der Waals surface area contributed by atoms with Crippen molar-refractivity contribution in [3.8, 4) is 0 Å². The fraction of sp³-hybridized carbons (Fsp3) is 1.00. The van der Waals surface area contributed by atoms with Crippen molar-refractivity contribution in [2.75, 3.05) is 32.1 Å². The third-order valence-corrected chi connectivity index (χ3v) is 2.22. The zero-order chi connectivity index (χ0) is 8.32. The maximum atomic E-state index is 5.67. The molecule has 0 bridgehead atoms. The molecule has 1 heterocycles. The number of nitrogens with zero attached hydrogens (tertiary/aromatic N) is 1. The Labute approximate surface area is 86.1 Å². The molecule has 0 saturated carbocycles. The second-order valence-electron chi connectivity index (χ2n) is 3.78. The molecule has 1 saturated heterocycles. The first-order valence-electron chi connectivity index (χ1n) is 4.17. The van der Waals surface area contributed by atoms with Crippen molar-refractivity contribution in [2.45, 2.75) is 19.4 Å². The van der Waals surface area contributed by atoms with Gasteiger partial charge in [-0.3, -0.25) is 4.90 Å². The summed E-state index contributed by atoms with van der Waals surface area (Å²) in [5, 5.41) is 3.46. The summed E-state index contributed by atoms with van der Waals surface area (Å²) in [5.74, 6) is 0.746. The molecule has 1 aliphatic rings. The minimum absolute atomic E-state index is 0. The Morgan fingerprint density at radius 1 is 1.50 bits per heavy atom. The molecule has 0 amide bonds. The molecule has 0 aromatic heterocycles. The molecule has 1 rings (SSSR count). The third-order valence-electron chi connectivity index (χ3n) is 2.05. The molecular formula is C8H18Cl2N2. The number of hydrogen-bond acceptors (Lipinski definition) is 2. The molecule has 0 aromatic rings. The van der Waals surface area contributed by atoms with Gasteiger partial charge in [0.15, 0.2) is 0 Å². The summed E-state index contributed by atoms with van der Waals surface area (Å²) < 4.78 is 0. The molecule has 0 aliphatic carbocycles. The molecule has 12 heavy (non-hydrogen) atoms. The van der Waals surface area contributed by atoms with E-state index in [1.165, 1.54) is 0 Å². The van der Waals surface area contributed by atoms with Gasteiger partial charge in [-0.25, -0.2) is 0 Å². The summed E-state index contributed by atoms with van der Waals surface area (Å²) in [6, 6.07) is 0. The van der Waals surface area contributed by atoms with E-state index in [9.17, 15) is 0 Å². The summed E-state index contributed by atoms with van der Waals surface area (Å²) in [6.07, 6.45) is 0. The number of rotatable bonds is 2. The van der Waals surface area contributed by atoms with Gasteiger partial charge in [-0.15, -0.1) is 24.0 Å². The summed E-state index contributed by atoms with van der Waals surface area (Å²) in [4.78, 5) is 2.41. The van der Waals surface area contributed by atoms with Gasteiger partial charge < -0.3 is 5.32 Å². The van der Waals surface area contributed by atoms with E-state index in [1.54, 1.807) is 0 Å². The van der Waals surface area contributed by atoms with E-state index in [-0.39, 0.29) is 17.9 Å². The maximum Gasteiger partial charge on any atom is 0.0351 e. The molecule has 0 radical (unpaired) electrons. The Kier molecular flexibility index (Phi) is 5.50. The molecule has 1 aliphatic heterocycles. The Bertz CT molecular complexity index is 126. The number of halogens is 2. The lowest BCUT2D eigenvalue weighted by molar-refractivity contribution is 0.162. The van der Waals surface area contributed by atoms with Gasteiger partial charge in [0.05, 0.1) is 0 Å². The van der Waals surface area contributed by atoms with Crippen LogP contribution < -0.4 is 5.32 Å². The zero-order valence-electron chi connectivity index (χ0n) is 7.77. The van der Waals surface area contributed by atoms with Crippen molar-refractivity contribution >= 4 is 24.0 Å². The molecule has 0 spiro atoms. The van der Waals surface area contributed by atoms with Gasteiger partial charge >= 0.3 is 0 Å². The molecular weight excluding hydrogens is 195 g/mol. The van der Waals surface area contributed by atoms with Crippen molar-refractivity contribution in [3.63, 3.8) is 0 Å². The van der Waals surface area contributed by atoms with Crippen LogP contribution in [0.5, 0.6) is 0 Å². The summed E-state index contributed by atoms with van der Waals surface area (Å²) in [5.41, 5.74) is 0.268. The van der Waals surface area contributed by atoms with Crippen LogP contribution in [0.25, 0.3) is 0 Å². The van der Waals surface area contributed by atoms with Crippen molar-refractivity contribution in [2.24, 2.45) is 0 Å². The van der Waals surface area contributed by atoms with Gasteiger partial charge in [-0.1, -0.05) is 0 Å². The van der Waals surface area contributed by atoms with Gasteiger partial charge in [-0.2, -0.15) is 0 Å². The lowest BCUT2D eigenvalue weighted by atomic mass is 10.0. The van der Waals surface area contributed by atoms with E-state index in [2.05, 4.69) is 24.1 Å². The zero-order valence-corrected chi connectivity index (χ0v) is 9.34. The standard InChI is InChI=1S/C8H17ClN2.ClH/c1-8(2)7-11(5-3-9)6-4-10-8;/h10H,3-7H2,1-2H3;1H. The molecule has 4 heteroatoms. The molecule has 1 fully saturated rings. The Hall–Kier alpha value is 0.500. The second-order valence-corrected chi connectivity index (χ2v) is 4.15. The fourth-order valence-electron chi connectivity index (χ4n) is 1.56. The van der Waals surface area contributed by atoms with Crippen molar-refractivity contribution in [3.05, 3.63) is 0 Å². The highest BCUT2D eigenvalue weighted by atomic mass is 35.5. The predicted octanol–water partition coefficient (Wildman–Crippen LogP) is 1.33. The molecule has 2 nitrogen and oxygen atoms in total. The van der Waals surface area contributed by atoms with E-state index < -0.39 is 0 Å². The van der Waals surface area contributed by atoms with E-state index >= 15 is 0 Å². The first-order chi connectivity index (χ1) is 5.14. The predicted molar refractivity (Wildman–Crippen MR) is 56.5 cm³/mol. The van der Waals surface area contributed by atoms with Crippen LogP contribution in [0, 0.1) is 0 Å². The summed E-state index contributed by atoms with van der Waals surface area (Å²) in [7, 11) is 0. The SMILES string of the molecule is CC1(C)CN(CCCl)CCN1.Cl. The van der Waals surface area contributed by atoms with E-state index in [0.29, 0.717) is 0 Å². The first kappa shape index (κ1) is 12.5. The highest BCUT2D eigenvalue weighted by Gasteiger charge is 2.24. The Balaban J connectivity index is 0.00000121. The number of nitrogens with one attached hydrogen (secondary N) is 1. The van der Waals surface area contributed by atoms with Crippen LogP contribution in [0.3, 0.4) is 0 Å². The average molecular weight is 213 g/mol. The molecule has 74 valence electrons. The molecule has 0 unspecified atom stereocenters. The van der Waals surface area contributed by atoms with Crippen molar-refractivity contribution in [1.82, 2.24) is 10.2 Å². The Morgan fingerprint density at radius 2 is 2.17 bits per heavy atom. The average Bonchev–Trinajstić information content (AvgIpc) is 1.85. The van der Waals surface area contributed by atoms with Gasteiger partial charge in [0.25, 0.3) is 0 Å². The largest absolute Gasteiger partial charge is 0.309 e. The second kappa shape index (κ2) is 5.28. The normalized spacial score (nSPS) is 23.2. The van der Waals surface area contributed by atoms with Crippen LogP contribution in [0.2, 0.25) is 0 Å². The van der Waals surface area contributed by atoms with Gasteiger partial charge in [0.2, 0.25) is 0 Å². The van der Waals surface area contributed by atoms with Crippen molar-refractivity contribution < 1.29 is 0 Å². The van der Waals surface area contributed by atoms with Crippen molar-refractivity contribution in [1.29, 1.82) is 0 Å². The smallest absolute Gasteiger partial charge is 0.0351 e. The fourth-order valence-corrected chi connectivity index (χ4v) is 1.80. The number of piperazine rings is 1. The summed E-state index contributed by atoms with van der Waals surface area (Å²) in [6.45, 7) is 8.81. The van der Waals surface area contributed by atoms with Crippen LogP contribution >= 0.6 is 24.0 Å². The number of alkyl halides is 1. The van der Waals surface area contributed by atoms with Gasteiger partial charge in [0.1, 0.15) is 0 Å². The summed E-state index contributed by atoms with van der Waals surface area (Å²) >= 11 is 5.67. The highest BCUT2D eigenvalue weighted by Crippen LogP contribution is 2.09. The van der Waals surface area contributed by atoms with Crippen LogP contribution in [-0.4, -0.2) is 42.5 Å². The van der Waals surface area contributed by atoms with Crippen LogP contribution in [0.1, 0.15) is 13.8 Å². The topological polar surface area (TPSA) is 15.3 Å². The maximum absolute atomic E-state index is 5.67.